The summed E-state index contributed by atoms with van der Waals surface area (Å²) in [4.78, 5) is 35.5. The van der Waals surface area contributed by atoms with E-state index >= 15 is 0 Å². The summed E-state index contributed by atoms with van der Waals surface area (Å²) in [6.07, 6.45) is 3.48. The Kier molecular flexibility index (Phi) is 8.56. The van der Waals surface area contributed by atoms with E-state index in [0.29, 0.717) is 13.0 Å². The van der Waals surface area contributed by atoms with E-state index in [1.54, 1.807) is 18.2 Å². The van der Waals surface area contributed by atoms with Crippen molar-refractivity contribution in [2.75, 3.05) is 13.2 Å². The molecule has 6 nitrogen and oxygen atoms in total. The van der Waals surface area contributed by atoms with E-state index in [9.17, 15) is 18.8 Å². The first-order valence-electron chi connectivity index (χ1n) is 9.15. The van der Waals surface area contributed by atoms with Crippen molar-refractivity contribution >= 4 is 23.9 Å². The molecule has 152 valence electrons. The summed E-state index contributed by atoms with van der Waals surface area (Å²) in [5.41, 5.74) is 1.73. The molecule has 2 amide bonds. The molecule has 0 fully saturated rings. The quantitative estimate of drug-likeness (QED) is 0.501. The van der Waals surface area contributed by atoms with Gasteiger partial charge in [-0.05, 0) is 42.7 Å². The molecule has 29 heavy (non-hydrogen) atoms. The van der Waals surface area contributed by atoms with Crippen LogP contribution in [0.2, 0.25) is 0 Å². The first kappa shape index (κ1) is 21.8. The maximum atomic E-state index is 12.8. The maximum Gasteiger partial charge on any atom is 0.328 e. The topological polar surface area (TPSA) is 84.5 Å². The van der Waals surface area contributed by atoms with Gasteiger partial charge in [0, 0.05) is 12.6 Å². The molecule has 0 aromatic heterocycles. The molecule has 0 aliphatic rings. The minimum Gasteiger partial charge on any atom is -0.454 e. The highest BCUT2D eigenvalue weighted by atomic mass is 19.1. The summed E-state index contributed by atoms with van der Waals surface area (Å²) < 4.78 is 17.7. The van der Waals surface area contributed by atoms with Gasteiger partial charge >= 0.3 is 5.97 Å². The van der Waals surface area contributed by atoms with Crippen molar-refractivity contribution in [1.29, 1.82) is 0 Å². The smallest absolute Gasteiger partial charge is 0.328 e. The molecular weight excluding hydrogens is 375 g/mol. The van der Waals surface area contributed by atoms with E-state index in [1.807, 2.05) is 30.3 Å². The van der Waals surface area contributed by atoms with Crippen LogP contribution in [0.3, 0.4) is 0 Å². The van der Waals surface area contributed by atoms with Crippen LogP contribution in [-0.4, -0.2) is 37.0 Å². The SMILES string of the molecule is C[C@H](NC(=O)/C=C/c1ccccc1)C(=O)OCC(=O)NCCc1ccc(F)cc1. The van der Waals surface area contributed by atoms with Gasteiger partial charge in [-0.2, -0.15) is 0 Å². The molecule has 2 N–H and O–H groups in total. The number of ether oxygens (including phenoxy) is 1. The molecule has 2 aromatic rings. The molecule has 0 radical (unpaired) electrons. The van der Waals surface area contributed by atoms with E-state index in [1.165, 1.54) is 25.1 Å². The summed E-state index contributed by atoms with van der Waals surface area (Å²) in [7, 11) is 0. The number of halogens is 1. The van der Waals surface area contributed by atoms with Gasteiger partial charge in [0.2, 0.25) is 5.91 Å². The molecule has 0 saturated heterocycles. The second-order valence-corrected chi connectivity index (χ2v) is 6.31. The van der Waals surface area contributed by atoms with Crippen LogP contribution >= 0.6 is 0 Å². The van der Waals surface area contributed by atoms with E-state index in [4.69, 9.17) is 4.74 Å². The van der Waals surface area contributed by atoms with Crippen molar-refractivity contribution < 1.29 is 23.5 Å². The number of esters is 1. The second-order valence-electron chi connectivity index (χ2n) is 6.31. The highest BCUT2D eigenvalue weighted by Crippen LogP contribution is 2.03. The van der Waals surface area contributed by atoms with Gasteiger partial charge in [0.15, 0.2) is 6.61 Å². The Balaban J connectivity index is 1.65. The van der Waals surface area contributed by atoms with Gasteiger partial charge < -0.3 is 15.4 Å². The Hall–Kier alpha value is -3.48. The van der Waals surface area contributed by atoms with Gasteiger partial charge in [-0.1, -0.05) is 42.5 Å². The molecular formula is C22H23FN2O4. The van der Waals surface area contributed by atoms with Crippen LogP contribution in [0.15, 0.2) is 60.7 Å². The van der Waals surface area contributed by atoms with Gasteiger partial charge in [-0.25, -0.2) is 9.18 Å². The van der Waals surface area contributed by atoms with Crippen molar-refractivity contribution in [2.24, 2.45) is 0 Å². The molecule has 0 heterocycles. The molecule has 2 rings (SSSR count). The maximum absolute atomic E-state index is 12.8. The van der Waals surface area contributed by atoms with Crippen molar-refractivity contribution in [3.05, 3.63) is 77.6 Å². The highest BCUT2D eigenvalue weighted by molar-refractivity contribution is 5.94. The zero-order valence-electron chi connectivity index (χ0n) is 16.1. The largest absolute Gasteiger partial charge is 0.454 e. The Morgan fingerprint density at radius 2 is 1.76 bits per heavy atom. The minimum absolute atomic E-state index is 0.318. The third-order valence-corrected chi connectivity index (χ3v) is 3.93. The van der Waals surface area contributed by atoms with Crippen LogP contribution < -0.4 is 10.6 Å². The first-order chi connectivity index (χ1) is 13.9. The molecule has 0 saturated carbocycles. The number of nitrogens with one attached hydrogen (secondary N) is 2. The van der Waals surface area contributed by atoms with Crippen LogP contribution in [0.25, 0.3) is 6.08 Å². The normalized spacial score (nSPS) is 11.7. The zero-order valence-corrected chi connectivity index (χ0v) is 16.1. The standard InChI is InChI=1S/C22H23FN2O4/c1-16(25-20(26)12-9-17-5-3-2-4-6-17)22(28)29-15-21(27)24-14-13-18-7-10-19(23)11-8-18/h2-12,16H,13-15H2,1H3,(H,24,27)(H,25,26)/b12-9+/t16-/m0/s1. The van der Waals surface area contributed by atoms with Gasteiger partial charge in [-0.3, -0.25) is 9.59 Å². The predicted molar refractivity (Wildman–Crippen MR) is 107 cm³/mol. The Morgan fingerprint density at radius 1 is 1.07 bits per heavy atom. The number of benzene rings is 2. The summed E-state index contributed by atoms with van der Waals surface area (Å²) >= 11 is 0. The van der Waals surface area contributed by atoms with Crippen LogP contribution in [0.4, 0.5) is 4.39 Å². The van der Waals surface area contributed by atoms with Gasteiger partial charge in [0.05, 0.1) is 0 Å². The fraction of sp³-hybridized carbons (Fsp3) is 0.227. The number of carbonyl (C=O) groups is 3. The van der Waals surface area contributed by atoms with Gasteiger partial charge in [-0.15, -0.1) is 0 Å². The van der Waals surface area contributed by atoms with E-state index in [0.717, 1.165) is 11.1 Å². The van der Waals surface area contributed by atoms with Crippen LogP contribution in [0, 0.1) is 5.82 Å². The van der Waals surface area contributed by atoms with Crippen molar-refractivity contribution in [3.63, 3.8) is 0 Å². The van der Waals surface area contributed by atoms with Crippen LogP contribution in [-0.2, 0) is 25.5 Å². The molecule has 2 aromatic carbocycles. The number of carbonyl (C=O) groups excluding carboxylic acids is 3. The summed E-state index contributed by atoms with van der Waals surface area (Å²) in [6, 6.07) is 14.3. The highest BCUT2D eigenvalue weighted by Gasteiger charge is 2.17. The fourth-order valence-electron chi connectivity index (χ4n) is 2.37. The Morgan fingerprint density at radius 3 is 2.45 bits per heavy atom. The predicted octanol–water partition coefficient (Wildman–Crippen LogP) is 2.25. The zero-order chi connectivity index (χ0) is 21.1. The molecule has 0 spiro atoms. The fourth-order valence-corrected chi connectivity index (χ4v) is 2.37. The van der Waals surface area contributed by atoms with Gasteiger partial charge in [0.1, 0.15) is 11.9 Å². The first-order valence-corrected chi connectivity index (χ1v) is 9.15. The summed E-state index contributed by atoms with van der Waals surface area (Å²) in [5.74, 6) is -1.92. The summed E-state index contributed by atoms with van der Waals surface area (Å²) in [5, 5.41) is 5.09. The van der Waals surface area contributed by atoms with E-state index in [-0.39, 0.29) is 5.82 Å². The third-order valence-electron chi connectivity index (χ3n) is 3.93. The van der Waals surface area contributed by atoms with Crippen molar-refractivity contribution in [2.45, 2.75) is 19.4 Å². The Bertz CT molecular complexity index is 851. The number of hydrogen-bond acceptors (Lipinski definition) is 4. The second kappa shape index (κ2) is 11.4. The Labute approximate surface area is 168 Å². The minimum atomic E-state index is -0.894. The summed E-state index contributed by atoms with van der Waals surface area (Å²) in [6.45, 7) is 1.37. The lowest BCUT2D eigenvalue weighted by molar-refractivity contribution is -0.150. The molecule has 1 atom stereocenters. The monoisotopic (exact) mass is 398 g/mol. The lowest BCUT2D eigenvalue weighted by atomic mass is 10.1. The molecule has 0 aliphatic heterocycles. The molecule has 0 unspecified atom stereocenters. The van der Waals surface area contributed by atoms with Crippen molar-refractivity contribution in [1.82, 2.24) is 10.6 Å². The number of amides is 2. The van der Waals surface area contributed by atoms with E-state index in [2.05, 4.69) is 10.6 Å². The van der Waals surface area contributed by atoms with Gasteiger partial charge in [0.25, 0.3) is 5.91 Å². The van der Waals surface area contributed by atoms with E-state index < -0.39 is 30.4 Å². The molecule has 0 aliphatic carbocycles. The lowest BCUT2D eigenvalue weighted by Gasteiger charge is -2.12. The van der Waals surface area contributed by atoms with Crippen molar-refractivity contribution in [3.8, 4) is 0 Å². The number of hydrogen-bond donors (Lipinski definition) is 2. The number of rotatable bonds is 9. The molecule has 0 bridgehead atoms. The van der Waals surface area contributed by atoms with Crippen LogP contribution in [0.5, 0.6) is 0 Å². The average Bonchev–Trinajstić information content (AvgIpc) is 2.72. The third kappa shape index (κ3) is 8.38. The van der Waals surface area contributed by atoms with Crippen LogP contribution in [0.1, 0.15) is 18.1 Å². The molecule has 7 heteroatoms. The lowest BCUT2D eigenvalue weighted by Crippen LogP contribution is -2.40. The average molecular weight is 398 g/mol.